The smallest absolute Gasteiger partial charge is 0.417 e. The van der Waals surface area contributed by atoms with Crippen LogP contribution in [-0.2, 0) is 15.7 Å². The highest BCUT2D eigenvalue weighted by Crippen LogP contribution is 2.36. The molecule has 0 fully saturated rings. The Morgan fingerprint density at radius 3 is 2.43 bits per heavy atom. The highest BCUT2D eigenvalue weighted by Gasteiger charge is 2.34. The van der Waals surface area contributed by atoms with Crippen molar-refractivity contribution in [2.45, 2.75) is 45.4 Å². The summed E-state index contributed by atoms with van der Waals surface area (Å²) in [6.45, 7) is 5.38. The van der Waals surface area contributed by atoms with E-state index >= 15 is 0 Å². The van der Waals surface area contributed by atoms with E-state index in [1.165, 1.54) is 18.2 Å². The Hall–Kier alpha value is -3.17. The van der Waals surface area contributed by atoms with Crippen molar-refractivity contribution in [3.8, 4) is 11.4 Å². The van der Waals surface area contributed by atoms with Crippen LogP contribution in [0.1, 0.15) is 49.5 Å². The van der Waals surface area contributed by atoms with Crippen molar-refractivity contribution < 1.29 is 32.6 Å². The second-order valence-corrected chi connectivity index (χ2v) is 7.42. The number of anilines is 1. The minimum Gasteiger partial charge on any atom is -0.477 e. The second-order valence-electron chi connectivity index (χ2n) is 7.42. The molecule has 1 aromatic heterocycles. The number of aromatic nitrogens is 2. The van der Waals surface area contributed by atoms with E-state index in [9.17, 15) is 27.9 Å². The van der Waals surface area contributed by atoms with Crippen LogP contribution in [0.4, 0.5) is 19.0 Å². The fourth-order valence-electron chi connectivity index (χ4n) is 2.56. The number of carbonyl (C=O) groups excluding carboxylic acids is 1. The van der Waals surface area contributed by atoms with Crippen LogP contribution < -0.4 is 5.32 Å². The van der Waals surface area contributed by atoms with Gasteiger partial charge >= 0.3 is 18.1 Å². The fraction of sp³-hybridized carbons (Fsp3) is 0.400. The lowest BCUT2D eigenvalue weighted by molar-refractivity contribution is -0.154. The third kappa shape index (κ3) is 6.43. The highest BCUT2D eigenvalue weighted by molar-refractivity contribution is 5.93. The van der Waals surface area contributed by atoms with E-state index in [0.29, 0.717) is 6.42 Å². The predicted octanol–water partition coefficient (Wildman–Crippen LogP) is 4.39. The van der Waals surface area contributed by atoms with Gasteiger partial charge in [0.05, 0.1) is 5.56 Å². The van der Waals surface area contributed by atoms with E-state index < -0.39 is 29.3 Å². The van der Waals surface area contributed by atoms with Gasteiger partial charge in [0, 0.05) is 24.7 Å². The molecule has 7 nitrogen and oxygen atoms in total. The summed E-state index contributed by atoms with van der Waals surface area (Å²) in [7, 11) is 0. The number of hydrogen-bond donors (Lipinski definition) is 2. The van der Waals surface area contributed by atoms with Gasteiger partial charge in [0.2, 0.25) is 0 Å². The average Bonchev–Trinajstić information content (AvgIpc) is 2.63. The van der Waals surface area contributed by atoms with Crippen molar-refractivity contribution in [3.63, 3.8) is 0 Å². The first kappa shape index (κ1) is 23.1. The number of halogens is 3. The summed E-state index contributed by atoms with van der Waals surface area (Å²) in [6.07, 6.45) is -3.27. The third-order valence-corrected chi connectivity index (χ3v) is 3.76. The molecule has 0 atom stereocenters. The number of carboxylic acids is 1. The molecule has 162 valence electrons. The van der Waals surface area contributed by atoms with Crippen LogP contribution in [0, 0.1) is 0 Å². The number of aromatic carboxylic acids is 1. The zero-order chi connectivity index (χ0) is 22.5. The van der Waals surface area contributed by atoms with Gasteiger partial charge in [-0.2, -0.15) is 13.2 Å². The third-order valence-electron chi connectivity index (χ3n) is 3.76. The summed E-state index contributed by atoms with van der Waals surface area (Å²) >= 11 is 0. The van der Waals surface area contributed by atoms with Crippen molar-refractivity contribution in [1.29, 1.82) is 0 Å². The summed E-state index contributed by atoms with van der Waals surface area (Å²) in [5.74, 6) is -2.14. The Morgan fingerprint density at radius 1 is 1.17 bits per heavy atom. The quantitative estimate of drug-likeness (QED) is 0.501. The molecule has 0 radical (unpaired) electrons. The fourth-order valence-corrected chi connectivity index (χ4v) is 2.56. The first-order valence-corrected chi connectivity index (χ1v) is 9.11. The lowest BCUT2D eigenvalue weighted by Crippen LogP contribution is -2.24. The standard InChI is InChI=1S/C20H22F3N3O4/c1-19(2,3)30-15(27)9-6-10-24-17-13(18(28)29)11-25-16(26-17)12-7-4-5-8-14(12)20(21,22)23/h4-5,7-8,11H,6,9-10H2,1-3H3,(H,28,29)(H,24,25,26). The molecule has 1 heterocycles. The maximum Gasteiger partial charge on any atom is 0.417 e. The molecule has 0 bridgehead atoms. The number of esters is 1. The van der Waals surface area contributed by atoms with E-state index in [0.717, 1.165) is 12.3 Å². The molecule has 0 spiro atoms. The molecule has 0 saturated heterocycles. The average molecular weight is 425 g/mol. The summed E-state index contributed by atoms with van der Waals surface area (Å²) < 4.78 is 45.0. The zero-order valence-electron chi connectivity index (χ0n) is 16.7. The predicted molar refractivity (Wildman–Crippen MR) is 103 cm³/mol. The Morgan fingerprint density at radius 2 is 1.83 bits per heavy atom. The van der Waals surface area contributed by atoms with Crippen molar-refractivity contribution >= 4 is 17.8 Å². The Bertz CT molecular complexity index is 924. The van der Waals surface area contributed by atoms with Crippen LogP contribution in [0.25, 0.3) is 11.4 Å². The topological polar surface area (TPSA) is 101 Å². The number of nitrogens with zero attached hydrogens (tertiary/aromatic N) is 2. The van der Waals surface area contributed by atoms with Crippen molar-refractivity contribution in [1.82, 2.24) is 9.97 Å². The maximum atomic E-state index is 13.3. The summed E-state index contributed by atoms with van der Waals surface area (Å²) in [4.78, 5) is 30.9. The number of hydrogen-bond acceptors (Lipinski definition) is 6. The molecule has 0 amide bonds. The Kier molecular flexibility index (Phi) is 7.01. The van der Waals surface area contributed by atoms with Crippen LogP contribution >= 0.6 is 0 Å². The van der Waals surface area contributed by atoms with Crippen LogP contribution in [0.5, 0.6) is 0 Å². The molecular weight excluding hydrogens is 403 g/mol. The zero-order valence-corrected chi connectivity index (χ0v) is 16.7. The van der Waals surface area contributed by atoms with E-state index in [2.05, 4.69) is 15.3 Å². The number of ether oxygens (including phenoxy) is 1. The minimum absolute atomic E-state index is 0.0848. The Labute approximate surface area is 171 Å². The Balaban J connectivity index is 2.20. The molecule has 2 N–H and O–H groups in total. The molecule has 0 aliphatic rings. The van der Waals surface area contributed by atoms with E-state index in [1.54, 1.807) is 20.8 Å². The number of carbonyl (C=O) groups is 2. The molecule has 1 aromatic carbocycles. The van der Waals surface area contributed by atoms with Gasteiger partial charge in [0.25, 0.3) is 0 Å². The van der Waals surface area contributed by atoms with Gasteiger partial charge in [-0.15, -0.1) is 0 Å². The minimum atomic E-state index is -4.62. The first-order chi connectivity index (χ1) is 13.9. The van der Waals surface area contributed by atoms with Gasteiger partial charge in [-0.3, -0.25) is 4.79 Å². The van der Waals surface area contributed by atoms with Crippen LogP contribution in [0.2, 0.25) is 0 Å². The lowest BCUT2D eigenvalue weighted by Gasteiger charge is -2.19. The number of alkyl halides is 3. The summed E-state index contributed by atoms with van der Waals surface area (Å²) in [5, 5.41) is 12.1. The molecule has 2 aromatic rings. The molecule has 0 aliphatic carbocycles. The normalized spacial score (nSPS) is 11.8. The monoisotopic (exact) mass is 425 g/mol. The van der Waals surface area contributed by atoms with Gasteiger partial charge < -0.3 is 15.2 Å². The maximum absolute atomic E-state index is 13.3. The highest BCUT2D eigenvalue weighted by atomic mass is 19.4. The van der Waals surface area contributed by atoms with Crippen LogP contribution in [-0.4, -0.2) is 39.2 Å². The largest absolute Gasteiger partial charge is 0.477 e. The number of rotatable bonds is 7. The summed E-state index contributed by atoms with van der Waals surface area (Å²) in [5.41, 5.74) is -2.10. The van der Waals surface area contributed by atoms with E-state index in [4.69, 9.17) is 4.74 Å². The van der Waals surface area contributed by atoms with Gasteiger partial charge in [-0.05, 0) is 33.3 Å². The van der Waals surface area contributed by atoms with Crippen molar-refractivity contribution in [2.24, 2.45) is 0 Å². The van der Waals surface area contributed by atoms with Gasteiger partial charge in [-0.25, -0.2) is 14.8 Å². The second kappa shape index (κ2) is 9.10. The molecular formula is C20H22F3N3O4. The van der Waals surface area contributed by atoms with Gasteiger partial charge in [0.1, 0.15) is 17.0 Å². The number of nitrogens with one attached hydrogen (secondary N) is 1. The summed E-state index contributed by atoms with van der Waals surface area (Å²) in [6, 6.07) is 4.77. The number of carboxylic acid groups (broad SMARTS) is 1. The molecule has 0 aliphatic heterocycles. The van der Waals surface area contributed by atoms with Crippen LogP contribution in [0.3, 0.4) is 0 Å². The first-order valence-electron chi connectivity index (χ1n) is 9.11. The van der Waals surface area contributed by atoms with E-state index in [1.807, 2.05) is 0 Å². The SMILES string of the molecule is CC(C)(C)OC(=O)CCCNc1nc(-c2ccccc2C(F)(F)F)ncc1C(=O)O. The molecule has 30 heavy (non-hydrogen) atoms. The molecule has 10 heteroatoms. The van der Waals surface area contributed by atoms with Gasteiger partial charge in [0.15, 0.2) is 5.82 Å². The lowest BCUT2D eigenvalue weighted by atomic mass is 10.1. The molecule has 0 saturated carbocycles. The van der Waals surface area contributed by atoms with E-state index in [-0.39, 0.29) is 35.7 Å². The molecule has 0 unspecified atom stereocenters. The molecule has 2 rings (SSSR count). The number of benzene rings is 1. The van der Waals surface area contributed by atoms with Gasteiger partial charge in [-0.1, -0.05) is 18.2 Å². The van der Waals surface area contributed by atoms with Crippen molar-refractivity contribution in [2.75, 3.05) is 11.9 Å². The van der Waals surface area contributed by atoms with Crippen molar-refractivity contribution in [3.05, 3.63) is 41.6 Å². The van der Waals surface area contributed by atoms with Crippen LogP contribution in [0.15, 0.2) is 30.5 Å².